The lowest BCUT2D eigenvalue weighted by atomic mass is 9.94. The van der Waals surface area contributed by atoms with Crippen molar-refractivity contribution in [3.05, 3.63) is 83.2 Å². The molecule has 21 heteroatoms. The SMILES string of the molecule is C=Cc1cc(C(=O)Nc2ccc(C(=N)NC(=O)OC(C)COC(=O)CCCC[C@H]3SCC4NC(=O)NC43)cc2)c(-c2ccc(C(=O)NCC3CC3)nc2C(=O)OC(C)OC(=O)OC(C)C)cc1OC. The van der Waals surface area contributed by atoms with Crippen LogP contribution in [0, 0.1) is 11.3 Å². The first-order chi connectivity index (χ1) is 33.0. The molecule has 0 radical (unpaired) electrons. The summed E-state index contributed by atoms with van der Waals surface area (Å²) in [6, 6.07) is 12.0. The number of anilines is 1. The molecule has 2 aliphatic heterocycles. The predicted molar refractivity (Wildman–Crippen MR) is 254 cm³/mol. The summed E-state index contributed by atoms with van der Waals surface area (Å²) in [5.41, 5.74) is 0.801. The highest BCUT2D eigenvalue weighted by molar-refractivity contribution is 8.00. The van der Waals surface area contributed by atoms with Crippen molar-refractivity contribution in [1.29, 1.82) is 5.41 Å². The Morgan fingerprint density at radius 2 is 1.68 bits per heavy atom. The second-order valence-electron chi connectivity index (χ2n) is 16.9. The average Bonchev–Trinajstić information content (AvgIpc) is 3.97. The molecular formula is C48H57N7O13S. The van der Waals surface area contributed by atoms with Crippen LogP contribution in [-0.2, 0) is 28.5 Å². The second-order valence-corrected chi connectivity index (χ2v) is 18.2. The minimum atomic E-state index is -1.43. The topological polar surface area (TPSA) is 272 Å². The summed E-state index contributed by atoms with van der Waals surface area (Å²) in [6.45, 7) is 10.2. The van der Waals surface area contributed by atoms with Crippen LogP contribution in [0.5, 0.6) is 5.75 Å². The normalized spacial score (nSPS) is 17.7. The zero-order valence-electron chi connectivity index (χ0n) is 39.0. The molecule has 5 amide bonds. The van der Waals surface area contributed by atoms with Crippen molar-refractivity contribution in [1.82, 2.24) is 26.3 Å². The van der Waals surface area contributed by atoms with Crippen LogP contribution in [0.1, 0.15) is 109 Å². The van der Waals surface area contributed by atoms with Crippen molar-refractivity contribution in [2.45, 2.75) is 102 Å². The first kappa shape index (κ1) is 51.2. The van der Waals surface area contributed by atoms with Crippen molar-refractivity contribution in [2.75, 3.05) is 31.3 Å². The third kappa shape index (κ3) is 14.4. The molecule has 3 heterocycles. The lowest BCUT2D eigenvalue weighted by Crippen LogP contribution is -2.36. The predicted octanol–water partition coefficient (Wildman–Crippen LogP) is 6.57. The van der Waals surface area contributed by atoms with Crippen molar-refractivity contribution < 1.29 is 62.0 Å². The van der Waals surface area contributed by atoms with Gasteiger partial charge in [-0.3, -0.25) is 25.1 Å². The van der Waals surface area contributed by atoms with Crippen LogP contribution < -0.4 is 31.3 Å². The van der Waals surface area contributed by atoms with Crippen LogP contribution in [0.15, 0.2) is 55.1 Å². The van der Waals surface area contributed by atoms with Gasteiger partial charge in [-0.25, -0.2) is 24.2 Å². The molecule has 6 rings (SSSR count). The fourth-order valence-electron chi connectivity index (χ4n) is 7.42. The number of aromatic nitrogens is 1. The number of thioether (sulfide) groups is 1. The van der Waals surface area contributed by atoms with Crippen LogP contribution in [0.25, 0.3) is 17.2 Å². The van der Waals surface area contributed by atoms with E-state index >= 15 is 0 Å². The summed E-state index contributed by atoms with van der Waals surface area (Å²) in [7, 11) is 1.42. The number of rotatable bonds is 21. The summed E-state index contributed by atoms with van der Waals surface area (Å²) >= 11 is 1.81. The molecule has 1 saturated carbocycles. The molecule has 1 aromatic heterocycles. The lowest BCUT2D eigenvalue weighted by Gasteiger charge is -2.19. The van der Waals surface area contributed by atoms with E-state index in [0.29, 0.717) is 41.1 Å². The molecule has 20 nitrogen and oxygen atoms in total. The molecule has 5 atom stereocenters. The number of methoxy groups -OCH3 is 1. The van der Waals surface area contributed by atoms with Gasteiger partial charge in [0.05, 0.1) is 25.3 Å². The number of esters is 2. The van der Waals surface area contributed by atoms with E-state index in [1.165, 1.54) is 68.6 Å². The number of amides is 5. The number of alkyl carbamates (subject to hydrolysis) is 1. The van der Waals surface area contributed by atoms with E-state index < -0.39 is 54.5 Å². The van der Waals surface area contributed by atoms with Crippen molar-refractivity contribution in [3.8, 4) is 16.9 Å². The van der Waals surface area contributed by atoms with Gasteiger partial charge in [0.25, 0.3) is 11.8 Å². The van der Waals surface area contributed by atoms with E-state index in [1.54, 1.807) is 20.8 Å². The van der Waals surface area contributed by atoms with Gasteiger partial charge in [-0.2, -0.15) is 11.8 Å². The Morgan fingerprint density at radius 1 is 0.928 bits per heavy atom. The van der Waals surface area contributed by atoms with Gasteiger partial charge in [-0.1, -0.05) is 19.1 Å². The minimum Gasteiger partial charge on any atom is -0.496 e. The molecule has 69 heavy (non-hydrogen) atoms. The molecule has 1 aliphatic carbocycles. The highest BCUT2D eigenvalue weighted by Gasteiger charge is 2.42. The fourth-order valence-corrected chi connectivity index (χ4v) is 8.96. The third-order valence-electron chi connectivity index (χ3n) is 11.1. The van der Waals surface area contributed by atoms with Gasteiger partial charge in [0.2, 0.25) is 6.29 Å². The quantitative estimate of drug-likeness (QED) is 0.0125. The summed E-state index contributed by atoms with van der Waals surface area (Å²) in [6.07, 6.45) is 1.19. The number of amidine groups is 1. The molecule has 3 aromatic rings. The number of unbranched alkanes of at least 4 members (excludes halogenated alkanes) is 1. The van der Waals surface area contributed by atoms with E-state index in [2.05, 4.69) is 38.1 Å². The summed E-state index contributed by atoms with van der Waals surface area (Å²) in [4.78, 5) is 94.3. The number of fused-ring (bicyclic) bond motifs is 1. The molecule has 6 N–H and O–H groups in total. The Bertz CT molecular complexity index is 2450. The summed E-state index contributed by atoms with van der Waals surface area (Å²) in [5, 5.41) is 22.6. The number of nitrogens with one attached hydrogen (secondary N) is 6. The van der Waals surface area contributed by atoms with Gasteiger partial charge >= 0.3 is 30.2 Å². The van der Waals surface area contributed by atoms with Crippen LogP contribution in [0.4, 0.5) is 20.1 Å². The van der Waals surface area contributed by atoms with Crippen molar-refractivity contribution in [2.24, 2.45) is 5.92 Å². The molecule has 4 unspecified atom stereocenters. The second kappa shape index (κ2) is 23.7. The van der Waals surface area contributed by atoms with Gasteiger partial charge in [-0.05, 0) is 101 Å². The van der Waals surface area contributed by atoms with Crippen LogP contribution >= 0.6 is 11.8 Å². The fraction of sp³-hybridized carbons (Fsp3) is 0.438. The largest absolute Gasteiger partial charge is 0.511 e. The molecule has 2 aromatic carbocycles. The highest BCUT2D eigenvalue weighted by atomic mass is 32.2. The van der Waals surface area contributed by atoms with E-state index in [9.17, 15) is 33.6 Å². The number of nitrogens with zero attached hydrogens (tertiary/aromatic N) is 1. The van der Waals surface area contributed by atoms with Gasteiger partial charge in [0, 0.05) is 64.4 Å². The number of hydrogen-bond donors (Lipinski definition) is 6. The summed E-state index contributed by atoms with van der Waals surface area (Å²) < 4.78 is 31.7. The van der Waals surface area contributed by atoms with E-state index in [-0.39, 0.29) is 70.6 Å². The number of benzene rings is 2. The number of hydrogen-bond acceptors (Lipinski definition) is 16. The number of carbonyl (C=O) groups is 7. The van der Waals surface area contributed by atoms with E-state index in [1.807, 2.05) is 11.8 Å². The van der Waals surface area contributed by atoms with Crippen molar-refractivity contribution >= 4 is 71.4 Å². The molecule has 2 saturated heterocycles. The molecule has 3 fully saturated rings. The monoisotopic (exact) mass is 971 g/mol. The number of ether oxygens (including phenoxy) is 6. The Kier molecular flexibility index (Phi) is 17.6. The van der Waals surface area contributed by atoms with Gasteiger partial charge in [-0.15, -0.1) is 0 Å². The number of urea groups is 1. The Balaban J connectivity index is 1.07. The number of pyridine rings is 1. The van der Waals surface area contributed by atoms with Crippen LogP contribution in [0.3, 0.4) is 0 Å². The smallest absolute Gasteiger partial charge is 0.496 e. The Labute approximate surface area is 403 Å². The minimum absolute atomic E-state index is 0.0362. The average molecular weight is 972 g/mol. The van der Waals surface area contributed by atoms with E-state index in [0.717, 1.165) is 31.4 Å². The maximum absolute atomic E-state index is 14.2. The zero-order chi connectivity index (χ0) is 49.8. The maximum Gasteiger partial charge on any atom is 0.511 e. The van der Waals surface area contributed by atoms with Gasteiger partial charge in [0.15, 0.2) is 5.69 Å². The molecule has 0 spiro atoms. The standard InChI is InChI=1S/C48H57N7O13S/c1-7-29-20-34(33(21-37(29)63-6)32-18-19-35(44(58)50-22-28-12-13-28)52-40(32)45(59)67-27(5)68-48(62)65-25(2)3)43(57)51-31-16-14-30(15-17-31)42(49)55-47(61)66-26(4)23-64-39(56)11-9-8-10-38-41-36(24-69-38)53-46(60)54-41/h7,14-21,25-28,36,38,41H,1,8-13,22-24H2,2-6H3,(H,50,58)(H,51,57)(H2,49,55,61)(H2,53,54,60)/t26?,27?,36?,38-,41?/m1/s1. The number of carbonyl (C=O) groups excluding carboxylic acids is 7. The van der Waals surface area contributed by atoms with Gasteiger partial charge < -0.3 is 49.7 Å². The van der Waals surface area contributed by atoms with E-state index in [4.69, 9.17) is 33.8 Å². The summed E-state index contributed by atoms with van der Waals surface area (Å²) in [5.74, 6) is -1.46. The zero-order valence-corrected chi connectivity index (χ0v) is 39.8. The van der Waals surface area contributed by atoms with Gasteiger partial charge in [0.1, 0.15) is 30.0 Å². The molecule has 368 valence electrons. The first-order valence-corrected chi connectivity index (χ1v) is 23.6. The maximum atomic E-state index is 14.2. The van der Waals surface area contributed by atoms with Crippen LogP contribution in [-0.4, -0.2) is 115 Å². The first-order valence-electron chi connectivity index (χ1n) is 22.6. The highest BCUT2D eigenvalue weighted by Crippen LogP contribution is 2.36. The molecule has 3 aliphatic rings. The van der Waals surface area contributed by atoms with Crippen molar-refractivity contribution in [3.63, 3.8) is 0 Å². The van der Waals surface area contributed by atoms with Crippen LogP contribution in [0.2, 0.25) is 0 Å². The Hall–Kier alpha value is -7.16. The molecule has 0 bridgehead atoms. The lowest BCUT2D eigenvalue weighted by molar-refractivity contribution is -0.146. The third-order valence-corrected chi connectivity index (χ3v) is 12.6. The molecular weight excluding hydrogens is 915 g/mol. The Morgan fingerprint density at radius 3 is 2.38 bits per heavy atom.